The van der Waals surface area contributed by atoms with Gasteiger partial charge >= 0.3 is 0 Å². The van der Waals surface area contributed by atoms with Gasteiger partial charge in [0.2, 0.25) is 5.91 Å². The molecular weight excluding hydrogens is 363 g/mol. The van der Waals surface area contributed by atoms with Crippen molar-refractivity contribution in [1.29, 1.82) is 0 Å². The van der Waals surface area contributed by atoms with Crippen LogP contribution >= 0.6 is 0 Å². The average Bonchev–Trinajstić information content (AvgIpc) is 2.68. The molecule has 0 atom stereocenters. The van der Waals surface area contributed by atoms with Crippen LogP contribution in [0.3, 0.4) is 0 Å². The van der Waals surface area contributed by atoms with Gasteiger partial charge in [0.1, 0.15) is 5.82 Å². The maximum atomic E-state index is 13.2. The highest BCUT2D eigenvalue weighted by molar-refractivity contribution is 6.05. The van der Waals surface area contributed by atoms with Gasteiger partial charge in [0.25, 0.3) is 11.5 Å². The molecule has 0 aliphatic rings. The lowest BCUT2D eigenvalue weighted by molar-refractivity contribution is -0.121. The van der Waals surface area contributed by atoms with E-state index in [1.807, 2.05) is 6.92 Å². The van der Waals surface area contributed by atoms with Crippen LogP contribution in [0.2, 0.25) is 0 Å². The lowest BCUT2D eigenvalue weighted by Crippen LogP contribution is -2.43. The molecule has 144 valence electrons. The van der Waals surface area contributed by atoms with Gasteiger partial charge in [-0.25, -0.2) is 9.07 Å². The van der Waals surface area contributed by atoms with E-state index < -0.39 is 17.6 Å². The van der Waals surface area contributed by atoms with E-state index in [4.69, 9.17) is 0 Å². The van der Waals surface area contributed by atoms with Gasteiger partial charge in [-0.05, 0) is 30.2 Å². The minimum atomic E-state index is -0.645. The van der Waals surface area contributed by atoms with Crippen molar-refractivity contribution < 1.29 is 14.0 Å². The Morgan fingerprint density at radius 3 is 2.54 bits per heavy atom. The molecule has 0 saturated carbocycles. The fourth-order valence-corrected chi connectivity index (χ4v) is 2.83. The van der Waals surface area contributed by atoms with Gasteiger partial charge in [-0.1, -0.05) is 37.3 Å². The summed E-state index contributed by atoms with van der Waals surface area (Å²) in [6, 6.07) is 12.3. The number of fused-ring (bicyclic) bond motifs is 1. The fourth-order valence-electron chi connectivity index (χ4n) is 2.83. The summed E-state index contributed by atoms with van der Waals surface area (Å²) in [5.41, 5.74) is 4.84. The number of benzene rings is 2. The topological polar surface area (TPSA) is 93.1 Å². The molecule has 0 radical (unpaired) electrons. The van der Waals surface area contributed by atoms with Crippen molar-refractivity contribution in [3.05, 3.63) is 76.0 Å². The maximum absolute atomic E-state index is 13.2. The predicted octanol–water partition coefficient (Wildman–Crippen LogP) is 1.95. The highest BCUT2D eigenvalue weighted by atomic mass is 19.1. The third-order valence-corrected chi connectivity index (χ3v) is 4.09. The van der Waals surface area contributed by atoms with Gasteiger partial charge in [0.05, 0.1) is 11.8 Å². The van der Waals surface area contributed by atoms with Crippen molar-refractivity contribution in [1.82, 2.24) is 20.6 Å². The predicted molar refractivity (Wildman–Crippen MR) is 102 cm³/mol. The van der Waals surface area contributed by atoms with Crippen LogP contribution in [0, 0.1) is 5.82 Å². The molecule has 2 N–H and O–H groups in total. The van der Waals surface area contributed by atoms with Gasteiger partial charge in [-0.2, -0.15) is 5.10 Å². The molecule has 1 heterocycles. The Hall–Kier alpha value is -3.55. The van der Waals surface area contributed by atoms with E-state index in [-0.39, 0.29) is 17.7 Å². The van der Waals surface area contributed by atoms with Crippen molar-refractivity contribution in [2.75, 3.05) is 0 Å². The van der Waals surface area contributed by atoms with E-state index in [1.54, 1.807) is 30.3 Å². The minimum Gasteiger partial charge on any atom is -0.273 e. The summed E-state index contributed by atoms with van der Waals surface area (Å²) in [5, 5.41) is 4.93. The standard InChI is InChI=1S/C20H19FN4O3/c1-2-10-25-20(28)16-9-4-3-8-15(16)18(24-25)19(27)23-22-17(26)12-13-6-5-7-14(21)11-13/h3-9,11H,2,10,12H2,1H3,(H,22,26)(H,23,27). The zero-order valence-corrected chi connectivity index (χ0v) is 15.2. The molecule has 0 unspecified atom stereocenters. The highest BCUT2D eigenvalue weighted by Gasteiger charge is 2.17. The van der Waals surface area contributed by atoms with Gasteiger partial charge in [-0.15, -0.1) is 0 Å². The second-order valence-corrected chi connectivity index (χ2v) is 6.23. The number of hydrogen-bond donors (Lipinski definition) is 2. The highest BCUT2D eigenvalue weighted by Crippen LogP contribution is 2.13. The SMILES string of the molecule is CCCn1nc(C(=O)NNC(=O)Cc2cccc(F)c2)c2ccccc2c1=O. The lowest BCUT2D eigenvalue weighted by atomic mass is 10.1. The third-order valence-electron chi connectivity index (χ3n) is 4.09. The molecule has 1 aromatic heterocycles. The van der Waals surface area contributed by atoms with Gasteiger partial charge < -0.3 is 0 Å². The van der Waals surface area contributed by atoms with Crippen LogP contribution in [-0.4, -0.2) is 21.6 Å². The molecule has 0 fully saturated rings. The maximum Gasteiger partial charge on any atom is 0.290 e. The van der Waals surface area contributed by atoms with Gasteiger partial charge in [-0.3, -0.25) is 25.2 Å². The largest absolute Gasteiger partial charge is 0.290 e. The number of halogens is 1. The molecule has 0 aliphatic heterocycles. The summed E-state index contributed by atoms with van der Waals surface area (Å²) in [6.45, 7) is 2.27. The van der Waals surface area contributed by atoms with Crippen LogP contribution in [0.5, 0.6) is 0 Å². The molecule has 0 aliphatic carbocycles. The molecule has 28 heavy (non-hydrogen) atoms. The minimum absolute atomic E-state index is 0.0368. The Labute approximate surface area is 160 Å². The van der Waals surface area contributed by atoms with E-state index in [0.29, 0.717) is 29.3 Å². The first kappa shape index (κ1) is 19.2. The number of carbonyl (C=O) groups is 2. The molecule has 8 heteroatoms. The average molecular weight is 382 g/mol. The van der Waals surface area contributed by atoms with Crippen LogP contribution in [0.4, 0.5) is 4.39 Å². The zero-order chi connectivity index (χ0) is 20.1. The summed E-state index contributed by atoms with van der Waals surface area (Å²) in [6.07, 6.45) is 0.582. The van der Waals surface area contributed by atoms with Crippen molar-refractivity contribution in [3.63, 3.8) is 0 Å². The Morgan fingerprint density at radius 2 is 1.82 bits per heavy atom. The third kappa shape index (κ3) is 4.22. The summed E-state index contributed by atoms with van der Waals surface area (Å²) in [5.74, 6) is -1.60. The number of amides is 2. The number of nitrogens with zero attached hydrogens (tertiary/aromatic N) is 2. The van der Waals surface area contributed by atoms with Crippen molar-refractivity contribution in [2.24, 2.45) is 0 Å². The van der Waals surface area contributed by atoms with Crippen LogP contribution < -0.4 is 16.4 Å². The van der Waals surface area contributed by atoms with Crippen LogP contribution in [0.25, 0.3) is 10.8 Å². The Bertz CT molecular complexity index is 1090. The molecule has 2 amide bonds. The zero-order valence-electron chi connectivity index (χ0n) is 15.2. The van der Waals surface area contributed by atoms with E-state index >= 15 is 0 Å². The molecule has 3 aromatic rings. The van der Waals surface area contributed by atoms with E-state index in [2.05, 4.69) is 16.0 Å². The number of hydrogen-bond acceptors (Lipinski definition) is 4. The van der Waals surface area contributed by atoms with E-state index in [0.717, 1.165) is 0 Å². The van der Waals surface area contributed by atoms with Crippen molar-refractivity contribution >= 4 is 22.6 Å². The Balaban J connectivity index is 1.78. The van der Waals surface area contributed by atoms with Crippen molar-refractivity contribution in [2.45, 2.75) is 26.3 Å². The second-order valence-electron chi connectivity index (χ2n) is 6.23. The number of nitrogens with one attached hydrogen (secondary N) is 2. The summed E-state index contributed by atoms with van der Waals surface area (Å²) in [7, 11) is 0. The van der Waals surface area contributed by atoms with Crippen LogP contribution in [-0.2, 0) is 17.8 Å². The van der Waals surface area contributed by atoms with Crippen molar-refractivity contribution in [3.8, 4) is 0 Å². The number of aryl methyl sites for hydroxylation is 1. The summed E-state index contributed by atoms with van der Waals surface area (Å²) in [4.78, 5) is 37.1. The molecular formula is C20H19FN4O3. The second kappa shape index (κ2) is 8.43. The molecule has 2 aromatic carbocycles. The fraction of sp³-hybridized carbons (Fsp3) is 0.200. The number of carbonyl (C=O) groups excluding carboxylic acids is 2. The van der Waals surface area contributed by atoms with Gasteiger partial charge in [0.15, 0.2) is 5.69 Å². The summed E-state index contributed by atoms with van der Waals surface area (Å²) >= 11 is 0. The molecule has 7 nitrogen and oxygen atoms in total. The number of hydrazine groups is 1. The molecule has 0 spiro atoms. The molecule has 0 bridgehead atoms. The Kier molecular flexibility index (Phi) is 5.78. The quantitative estimate of drug-likeness (QED) is 0.660. The number of rotatable bonds is 5. The first-order valence-electron chi connectivity index (χ1n) is 8.83. The molecule has 0 saturated heterocycles. The first-order chi connectivity index (χ1) is 13.5. The normalized spacial score (nSPS) is 10.6. The summed E-state index contributed by atoms with van der Waals surface area (Å²) < 4.78 is 14.4. The first-order valence-corrected chi connectivity index (χ1v) is 8.83. The van der Waals surface area contributed by atoms with Gasteiger partial charge in [0, 0.05) is 11.9 Å². The van der Waals surface area contributed by atoms with Crippen LogP contribution in [0.15, 0.2) is 53.3 Å². The van der Waals surface area contributed by atoms with E-state index in [1.165, 1.54) is 22.9 Å². The van der Waals surface area contributed by atoms with E-state index in [9.17, 15) is 18.8 Å². The Morgan fingerprint density at radius 1 is 1.07 bits per heavy atom. The number of aromatic nitrogens is 2. The lowest BCUT2D eigenvalue weighted by Gasteiger charge is -2.11. The van der Waals surface area contributed by atoms with Crippen LogP contribution in [0.1, 0.15) is 29.4 Å². The molecule has 3 rings (SSSR count). The smallest absolute Gasteiger partial charge is 0.273 e. The monoisotopic (exact) mass is 382 g/mol.